The number of aliphatic hydroxyl groups excluding tert-OH is 1. The van der Waals surface area contributed by atoms with Crippen LogP contribution in [0.3, 0.4) is 0 Å². The van der Waals surface area contributed by atoms with Crippen molar-refractivity contribution in [1.82, 2.24) is 9.97 Å². The molecule has 1 aromatic carbocycles. The molecule has 1 aromatic heterocycles. The molecule has 0 unspecified atom stereocenters. The van der Waals surface area contributed by atoms with Crippen molar-refractivity contribution in [1.29, 1.82) is 0 Å². The predicted molar refractivity (Wildman–Crippen MR) is 107 cm³/mol. The standard InChI is InChI=1S/C20H25BFN3O3/c1-13(18(22)21-27-19(2,3)20(4,5)28-21)14-7-6-8-15(11-14)24-16-9-10-23-17(12-26)25-16/h6-11,26H,12H2,1-5H3,(H,23,24,25). The van der Waals surface area contributed by atoms with Gasteiger partial charge in [0.25, 0.3) is 0 Å². The van der Waals surface area contributed by atoms with E-state index in [1.807, 2.05) is 52.0 Å². The molecule has 0 aliphatic carbocycles. The minimum absolute atomic E-state index is 0.239. The van der Waals surface area contributed by atoms with E-state index in [-0.39, 0.29) is 6.61 Å². The van der Waals surface area contributed by atoms with Crippen molar-refractivity contribution in [3.05, 3.63) is 53.6 Å². The summed E-state index contributed by atoms with van der Waals surface area (Å²) < 4.78 is 26.7. The highest BCUT2D eigenvalue weighted by molar-refractivity contribution is 6.55. The molecule has 148 valence electrons. The number of hydrogen-bond acceptors (Lipinski definition) is 6. The zero-order valence-corrected chi connectivity index (χ0v) is 16.8. The van der Waals surface area contributed by atoms with Crippen LogP contribution in [0.15, 0.2) is 42.3 Å². The van der Waals surface area contributed by atoms with E-state index >= 15 is 4.39 Å². The lowest BCUT2D eigenvalue weighted by molar-refractivity contribution is 0.00578. The Labute approximate surface area is 165 Å². The van der Waals surface area contributed by atoms with Gasteiger partial charge in [-0.05, 0) is 64.0 Å². The number of halogens is 1. The summed E-state index contributed by atoms with van der Waals surface area (Å²) in [5.41, 5.74) is 0.239. The van der Waals surface area contributed by atoms with Gasteiger partial charge in [0, 0.05) is 11.9 Å². The quantitative estimate of drug-likeness (QED) is 0.757. The molecular formula is C20H25BFN3O3. The SMILES string of the molecule is CC(=C(F)B1OC(C)(C)C(C)(C)O1)c1cccc(Nc2ccnc(CO)n2)c1. The molecule has 1 saturated heterocycles. The van der Waals surface area contributed by atoms with Crippen LogP contribution in [0.4, 0.5) is 15.9 Å². The van der Waals surface area contributed by atoms with Crippen LogP contribution in [-0.2, 0) is 15.9 Å². The first-order valence-electron chi connectivity index (χ1n) is 9.15. The second kappa shape index (κ2) is 7.62. The van der Waals surface area contributed by atoms with Crippen LogP contribution in [-0.4, -0.2) is 33.4 Å². The molecule has 0 bridgehead atoms. The third-order valence-electron chi connectivity index (χ3n) is 5.23. The number of rotatable bonds is 5. The Kier molecular flexibility index (Phi) is 5.56. The molecule has 0 spiro atoms. The lowest BCUT2D eigenvalue weighted by Crippen LogP contribution is -2.41. The van der Waals surface area contributed by atoms with Crippen LogP contribution in [0.5, 0.6) is 0 Å². The van der Waals surface area contributed by atoms with E-state index < -0.39 is 24.0 Å². The van der Waals surface area contributed by atoms with Crippen molar-refractivity contribution in [3.8, 4) is 0 Å². The van der Waals surface area contributed by atoms with Gasteiger partial charge in [-0.2, -0.15) is 0 Å². The Morgan fingerprint density at radius 3 is 2.50 bits per heavy atom. The van der Waals surface area contributed by atoms with Crippen LogP contribution in [0.2, 0.25) is 0 Å². The molecule has 0 saturated carbocycles. The van der Waals surface area contributed by atoms with Crippen molar-refractivity contribution < 1.29 is 18.8 Å². The van der Waals surface area contributed by atoms with Gasteiger partial charge in [0.2, 0.25) is 0 Å². The Bertz CT molecular complexity index is 886. The summed E-state index contributed by atoms with van der Waals surface area (Å²) in [5.74, 6) is 0.869. The Balaban J connectivity index is 1.83. The van der Waals surface area contributed by atoms with Crippen molar-refractivity contribution >= 4 is 24.2 Å². The number of nitrogens with one attached hydrogen (secondary N) is 1. The molecule has 2 aromatic rings. The van der Waals surface area contributed by atoms with E-state index in [1.54, 1.807) is 19.2 Å². The number of benzene rings is 1. The van der Waals surface area contributed by atoms with Crippen molar-refractivity contribution in [3.63, 3.8) is 0 Å². The van der Waals surface area contributed by atoms with Crippen molar-refractivity contribution in [2.75, 3.05) is 5.32 Å². The molecule has 0 radical (unpaired) electrons. The average molecular weight is 385 g/mol. The molecule has 1 fully saturated rings. The Hall–Kier alpha value is -2.29. The highest BCUT2D eigenvalue weighted by Crippen LogP contribution is 2.40. The lowest BCUT2D eigenvalue weighted by atomic mass is 9.83. The largest absolute Gasteiger partial charge is 0.525 e. The number of anilines is 2. The molecule has 3 rings (SSSR count). The zero-order chi connectivity index (χ0) is 20.5. The fourth-order valence-electron chi connectivity index (χ4n) is 2.78. The van der Waals surface area contributed by atoms with Gasteiger partial charge in [0.15, 0.2) is 5.82 Å². The third-order valence-corrected chi connectivity index (χ3v) is 5.23. The van der Waals surface area contributed by atoms with Gasteiger partial charge < -0.3 is 19.7 Å². The van der Waals surface area contributed by atoms with Crippen LogP contribution >= 0.6 is 0 Å². The monoisotopic (exact) mass is 385 g/mol. The topological polar surface area (TPSA) is 76.5 Å². The van der Waals surface area contributed by atoms with E-state index in [4.69, 9.17) is 14.4 Å². The molecule has 2 N–H and O–H groups in total. The van der Waals surface area contributed by atoms with Crippen LogP contribution < -0.4 is 5.32 Å². The minimum atomic E-state index is -1.03. The van der Waals surface area contributed by atoms with Gasteiger partial charge >= 0.3 is 7.12 Å². The molecule has 28 heavy (non-hydrogen) atoms. The van der Waals surface area contributed by atoms with Crippen LogP contribution in [0.1, 0.15) is 46.0 Å². The third kappa shape index (κ3) is 4.09. The fraction of sp³-hybridized carbons (Fsp3) is 0.400. The van der Waals surface area contributed by atoms with E-state index in [0.717, 1.165) is 5.69 Å². The molecular weight excluding hydrogens is 360 g/mol. The molecule has 1 aliphatic rings. The van der Waals surface area contributed by atoms with Gasteiger partial charge in [-0.3, -0.25) is 0 Å². The second-order valence-corrected chi connectivity index (χ2v) is 7.78. The second-order valence-electron chi connectivity index (χ2n) is 7.78. The first kappa shape index (κ1) is 20.4. The summed E-state index contributed by atoms with van der Waals surface area (Å²) in [5, 5.41) is 12.3. The molecule has 6 nitrogen and oxygen atoms in total. The first-order chi connectivity index (χ1) is 13.1. The summed E-state index contributed by atoms with van der Waals surface area (Å²) in [6, 6.07) is 9.02. The summed E-state index contributed by atoms with van der Waals surface area (Å²) in [7, 11) is -1.03. The van der Waals surface area contributed by atoms with Crippen LogP contribution in [0, 0.1) is 0 Å². The van der Waals surface area contributed by atoms with Gasteiger partial charge in [-0.25, -0.2) is 14.4 Å². The van der Waals surface area contributed by atoms with Gasteiger partial charge in [0.05, 0.1) is 11.2 Å². The number of hydrogen-bond donors (Lipinski definition) is 2. The van der Waals surface area contributed by atoms with E-state index in [0.29, 0.717) is 22.8 Å². The number of aromatic nitrogens is 2. The average Bonchev–Trinajstić information content (AvgIpc) is 2.88. The molecule has 1 aliphatic heterocycles. The summed E-state index contributed by atoms with van der Waals surface area (Å²) in [6.07, 6.45) is 1.56. The van der Waals surface area contributed by atoms with Gasteiger partial charge in [-0.15, -0.1) is 0 Å². The highest BCUT2D eigenvalue weighted by atomic mass is 19.1. The van der Waals surface area contributed by atoms with Crippen molar-refractivity contribution in [2.24, 2.45) is 0 Å². The summed E-state index contributed by atoms with van der Waals surface area (Å²) in [6.45, 7) is 9.03. The molecule has 0 amide bonds. The normalized spacial score (nSPS) is 18.8. The summed E-state index contributed by atoms with van der Waals surface area (Å²) in [4.78, 5) is 8.14. The lowest BCUT2D eigenvalue weighted by Gasteiger charge is -2.32. The fourth-order valence-corrected chi connectivity index (χ4v) is 2.78. The van der Waals surface area contributed by atoms with Gasteiger partial charge in [-0.1, -0.05) is 12.1 Å². The maximum atomic E-state index is 15.1. The number of allylic oxidation sites excluding steroid dienone is 1. The zero-order valence-electron chi connectivity index (χ0n) is 16.8. The maximum absolute atomic E-state index is 15.1. The number of nitrogens with zero attached hydrogens (tertiary/aromatic N) is 2. The smallest absolute Gasteiger partial charge is 0.398 e. The minimum Gasteiger partial charge on any atom is -0.398 e. The summed E-state index contributed by atoms with van der Waals surface area (Å²) >= 11 is 0. The maximum Gasteiger partial charge on any atom is 0.525 e. The Morgan fingerprint density at radius 2 is 1.86 bits per heavy atom. The highest BCUT2D eigenvalue weighted by Gasteiger charge is 2.53. The van der Waals surface area contributed by atoms with Crippen molar-refractivity contribution in [2.45, 2.75) is 52.4 Å². The predicted octanol–water partition coefficient (Wildman–Crippen LogP) is 4.04. The van der Waals surface area contributed by atoms with E-state index in [1.165, 1.54) is 0 Å². The van der Waals surface area contributed by atoms with Crippen LogP contribution in [0.25, 0.3) is 5.57 Å². The number of aliphatic hydroxyl groups is 1. The van der Waals surface area contributed by atoms with E-state index in [9.17, 15) is 0 Å². The molecule has 8 heteroatoms. The Morgan fingerprint density at radius 1 is 1.18 bits per heavy atom. The first-order valence-corrected chi connectivity index (χ1v) is 9.15. The molecule has 2 heterocycles. The molecule has 0 atom stereocenters. The van der Waals surface area contributed by atoms with E-state index in [2.05, 4.69) is 15.3 Å². The van der Waals surface area contributed by atoms with Gasteiger partial charge in [0.1, 0.15) is 18.2 Å².